The van der Waals surface area contributed by atoms with E-state index in [-0.39, 0.29) is 11.1 Å². The highest BCUT2D eigenvalue weighted by molar-refractivity contribution is 6.74. The zero-order chi connectivity index (χ0) is 16.2. The Bertz CT molecular complexity index is 340. The third-order valence-electron chi connectivity index (χ3n) is 3.42. The fourth-order valence-electron chi connectivity index (χ4n) is 1.14. The van der Waals surface area contributed by atoms with E-state index in [1.54, 1.807) is 6.08 Å². The summed E-state index contributed by atoms with van der Waals surface area (Å²) >= 11 is 0. The quantitative estimate of drug-likeness (QED) is 0.614. The lowest BCUT2D eigenvalue weighted by Crippen LogP contribution is -2.46. The van der Waals surface area contributed by atoms with Crippen LogP contribution in [0.1, 0.15) is 41.5 Å². The average Bonchev–Trinajstić information content (AvgIpc) is 2.19. The Morgan fingerprint density at radius 3 is 2.10 bits per heavy atom. The second-order valence-corrected chi connectivity index (χ2v) is 12.4. The lowest BCUT2D eigenvalue weighted by atomic mass is 10.2. The van der Waals surface area contributed by atoms with Crippen molar-refractivity contribution in [2.75, 3.05) is 6.61 Å². The van der Waals surface area contributed by atoms with E-state index in [1.165, 1.54) is 0 Å². The van der Waals surface area contributed by atoms with Gasteiger partial charge in [0, 0.05) is 0 Å². The molecule has 0 aromatic rings. The maximum absolute atomic E-state index is 11.7. The Morgan fingerprint density at radius 2 is 1.75 bits per heavy atom. The Morgan fingerprint density at radius 1 is 1.25 bits per heavy atom. The van der Waals surface area contributed by atoms with Crippen LogP contribution in [0.3, 0.4) is 0 Å². The van der Waals surface area contributed by atoms with E-state index in [4.69, 9.17) is 9.16 Å². The summed E-state index contributed by atoms with van der Waals surface area (Å²) < 4.78 is 11.3. The van der Waals surface area contributed by atoms with E-state index in [0.717, 1.165) is 0 Å². The molecule has 4 nitrogen and oxygen atoms in total. The maximum Gasteiger partial charge on any atom is 0.408 e. The molecule has 0 bridgehead atoms. The van der Waals surface area contributed by atoms with Crippen LogP contribution in [0.4, 0.5) is 4.79 Å². The number of nitrogens with one attached hydrogen (secondary N) is 1. The summed E-state index contributed by atoms with van der Waals surface area (Å²) in [5.41, 5.74) is -0.504. The highest BCUT2D eigenvalue weighted by Gasteiger charge is 2.37. The van der Waals surface area contributed by atoms with E-state index in [1.807, 2.05) is 20.8 Å². The van der Waals surface area contributed by atoms with Crippen molar-refractivity contribution in [2.45, 2.75) is 71.3 Å². The van der Waals surface area contributed by atoms with Crippen LogP contribution in [-0.2, 0) is 9.16 Å². The molecule has 0 aliphatic heterocycles. The van der Waals surface area contributed by atoms with Crippen molar-refractivity contribution in [1.82, 2.24) is 5.32 Å². The van der Waals surface area contributed by atoms with Gasteiger partial charge in [0.25, 0.3) is 0 Å². The molecular formula is C15H31NO3Si. The van der Waals surface area contributed by atoms with Gasteiger partial charge in [-0.3, -0.25) is 0 Å². The SMILES string of the molecule is C=C[C@H](CO[Si](C)(C)C(C)(C)C)NC(=O)OC(C)(C)C. The molecule has 0 spiro atoms. The lowest BCUT2D eigenvalue weighted by molar-refractivity contribution is 0.0500. The number of alkyl carbamates (subject to hydrolysis) is 1. The number of rotatable bonds is 5. The van der Waals surface area contributed by atoms with Crippen LogP contribution in [0.25, 0.3) is 0 Å². The Kier molecular flexibility index (Phi) is 6.49. The first-order chi connectivity index (χ1) is 8.78. The molecule has 0 aromatic carbocycles. The summed E-state index contributed by atoms with van der Waals surface area (Å²) in [4.78, 5) is 11.7. The van der Waals surface area contributed by atoms with Gasteiger partial charge in [0.1, 0.15) is 5.60 Å². The lowest BCUT2D eigenvalue weighted by Gasteiger charge is -2.37. The number of carbonyl (C=O) groups is 1. The van der Waals surface area contributed by atoms with Gasteiger partial charge >= 0.3 is 6.09 Å². The molecule has 1 N–H and O–H groups in total. The first kappa shape index (κ1) is 19.2. The minimum atomic E-state index is -1.82. The van der Waals surface area contributed by atoms with Crippen LogP contribution in [0.5, 0.6) is 0 Å². The highest BCUT2D eigenvalue weighted by atomic mass is 28.4. The molecule has 1 amide bonds. The number of hydrogen-bond acceptors (Lipinski definition) is 3. The van der Waals surface area contributed by atoms with Crippen molar-refractivity contribution < 1.29 is 14.0 Å². The third kappa shape index (κ3) is 7.10. The molecule has 20 heavy (non-hydrogen) atoms. The standard InChI is InChI=1S/C15H31NO3Si/c1-10-12(16-13(17)19-14(2,3)4)11-18-20(8,9)15(5,6)7/h10,12H,1,11H2,2-9H3,(H,16,17)/t12-/m1/s1. The maximum atomic E-state index is 11.7. The molecule has 0 fully saturated rings. The number of ether oxygens (including phenoxy) is 1. The fraction of sp³-hybridized carbons (Fsp3) is 0.800. The summed E-state index contributed by atoms with van der Waals surface area (Å²) in [7, 11) is -1.82. The van der Waals surface area contributed by atoms with E-state index >= 15 is 0 Å². The van der Waals surface area contributed by atoms with E-state index < -0.39 is 20.0 Å². The number of amides is 1. The largest absolute Gasteiger partial charge is 0.444 e. The second-order valence-electron chi connectivity index (χ2n) is 7.56. The van der Waals surface area contributed by atoms with Gasteiger partial charge < -0.3 is 14.5 Å². The summed E-state index contributed by atoms with van der Waals surface area (Å²) in [5, 5.41) is 2.91. The van der Waals surface area contributed by atoms with Gasteiger partial charge in [-0.15, -0.1) is 6.58 Å². The Labute approximate surface area is 125 Å². The van der Waals surface area contributed by atoms with E-state index in [0.29, 0.717) is 6.61 Å². The zero-order valence-electron chi connectivity index (χ0n) is 14.3. The first-order valence-corrected chi connectivity index (χ1v) is 9.95. The average molecular weight is 302 g/mol. The normalized spacial score (nSPS) is 14.6. The Balaban J connectivity index is 4.45. The van der Waals surface area contributed by atoms with Crippen molar-refractivity contribution in [3.05, 3.63) is 12.7 Å². The van der Waals surface area contributed by atoms with Crippen molar-refractivity contribution in [3.63, 3.8) is 0 Å². The topological polar surface area (TPSA) is 47.6 Å². The van der Waals surface area contributed by atoms with Gasteiger partial charge in [-0.25, -0.2) is 4.79 Å². The van der Waals surface area contributed by atoms with Gasteiger partial charge in [0.2, 0.25) is 0 Å². The minimum Gasteiger partial charge on any atom is -0.444 e. The van der Waals surface area contributed by atoms with Crippen LogP contribution in [0, 0.1) is 0 Å². The van der Waals surface area contributed by atoms with Gasteiger partial charge in [0.15, 0.2) is 8.32 Å². The summed E-state index contributed by atoms with van der Waals surface area (Å²) in [6.45, 7) is 20.6. The molecule has 118 valence electrons. The Hall–Kier alpha value is -0.813. The molecule has 0 aliphatic carbocycles. The fourth-order valence-corrected chi connectivity index (χ4v) is 2.17. The smallest absolute Gasteiger partial charge is 0.408 e. The molecule has 1 atom stereocenters. The van der Waals surface area contributed by atoms with Crippen molar-refractivity contribution in [3.8, 4) is 0 Å². The van der Waals surface area contributed by atoms with Gasteiger partial charge in [-0.2, -0.15) is 0 Å². The molecule has 0 aromatic heterocycles. The van der Waals surface area contributed by atoms with Crippen molar-refractivity contribution >= 4 is 14.4 Å². The summed E-state index contributed by atoms with van der Waals surface area (Å²) in [5.74, 6) is 0. The molecular weight excluding hydrogens is 270 g/mol. The molecule has 5 heteroatoms. The number of hydrogen-bond donors (Lipinski definition) is 1. The molecule has 0 saturated carbocycles. The number of carbonyl (C=O) groups excluding carboxylic acids is 1. The van der Waals surface area contributed by atoms with Gasteiger partial charge in [0.05, 0.1) is 12.6 Å². The van der Waals surface area contributed by atoms with Crippen LogP contribution in [0.2, 0.25) is 18.1 Å². The zero-order valence-corrected chi connectivity index (χ0v) is 15.3. The van der Waals surface area contributed by atoms with Gasteiger partial charge in [-0.1, -0.05) is 26.8 Å². The molecule has 0 heterocycles. The van der Waals surface area contributed by atoms with Crippen LogP contribution in [-0.4, -0.2) is 32.7 Å². The van der Waals surface area contributed by atoms with Crippen LogP contribution < -0.4 is 5.32 Å². The molecule has 0 saturated heterocycles. The van der Waals surface area contributed by atoms with Crippen molar-refractivity contribution in [2.24, 2.45) is 0 Å². The van der Waals surface area contributed by atoms with E-state index in [9.17, 15) is 4.79 Å². The summed E-state index contributed by atoms with van der Waals surface area (Å²) in [6, 6.07) is -0.237. The predicted octanol–water partition coefficient (Wildman–Crippen LogP) is 4.09. The van der Waals surface area contributed by atoms with E-state index in [2.05, 4.69) is 45.8 Å². The monoisotopic (exact) mass is 301 g/mol. The van der Waals surface area contributed by atoms with Crippen LogP contribution in [0.15, 0.2) is 12.7 Å². The third-order valence-corrected chi connectivity index (χ3v) is 7.92. The highest BCUT2D eigenvalue weighted by Crippen LogP contribution is 2.36. The van der Waals surface area contributed by atoms with Crippen LogP contribution >= 0.6 is 0 Å². The molecule has 0 unspecified atom stereocenters. The molecule has 0 rings (SSSR count). The van der Waals surface area contributed by atoms with Gasteiger partial charge in [-0.05, 0) is 38.9 Å². The summed E-state index contributed by atoms with van der Waals surface area (Å²) in [6.07, 6.45) is 1.23. The van der Waals surface area contributed by atoms with Crippen molar-refractivity contribution in [1.29, 1.82) is 0 Å². The second kappa shape index (κ2) is 6.76. The first-order valence-electron chi connectivity index (χ1n) is 7.04. The minimum absolute atomic E-state index is 0.143. The molecule has 0 aliphatic rings. The molecule has 0 radical (unpaired) electrons. The predicted molar refractivity (Wildman–Crippen MR) is 86.5 cm³/mol.